The van der Waals surface area contributed by atoms with Crippen LogP contribution in [0.15, 0.2) is 85.3 Å². The summed E-state index contributed by atoms with van der Waals surface area (Å²) < 4.78 is 7.78. The summed E-state index contributed by atoms with van der Waals surface area (Å²) in [4.78, 5) is 13.6. The molecule has 3 aromatic heterocycles. The lowest BCUT2D eigenvalue weighted by Gasteiger charge is -2.31. The molecule has 2 aliphatic heterocycles. The normalized spacial score (nSPS) is 20.0. The summed E-state index contributed by atoms with van der Waals surface area (Å²) in [6, 6.07) is 22.9. The first-order valence-electron chi connectivity index (χ1n) is 12.2. The second-order valence-electron chi connectivity index (χ2n) is 9.06. The van der Waals surface area contributed by atoms with Crippen molar-refractivity contribution in [3.8, 4) is 5.69 Å². The van der Waals surface area contributed by atoms with Crippen molar-refractivity contribution in [2.75, 3.05) is 36.1 Å². The zero-order valence-corrected chi connectivity index (χ0v) is 20.9. The van der Waals surface area contributed by atoms with Crippen LogP contribution in [-0.4, -0.2) is 46.0 Å². The first kappa shape index (κ1) is 22.7. The van der Waals surface area contributed by atoms with Gasteiger partial charge in [0.05, 0.1) is 36.8 Å². The second kappa shape index (κ2) is 9.72. The van der Waals surface area contributed by atoms with E-state index in [1.54, 1.807) is 6.20 Å². The second-order valence-corrected chi connectivity index (χ2v) is 9.45. The van der Waals surface area contributed by atoms with E-state index in [0.717, 1.165) is 54.8 Å². The summed E-state index contributed by atoms with van der Waals surface area (Å²) in [7, 11) is 0. The number of rotatable bonds is 5. The highest BCUT2D eigenvalue weighted by atomic mass is 32.1. The molecule has 0 bridgehead atoms. The van der Waals surface area contributed by atoms with Gasteiger partial charge in [-0.2, -0.15) is 0 Å². The van der Waals surface area contributed by atoms with Crippen molar-refractivity contribution in [1.29, 1.82) is 0 Å². The summed E-state index contributed by atoms with van der Waals surface area (Å²) in [5, 5.41) is 4.26. The van der Waals surface area contributed by atoms with Gasteiger partial charge < -0.3 is 24.4 Å². The molecule has 0 spiro atoms. The van der Waals surface area contributed by atoms with E-state index in [2.05, 4.69) is 80.1 Å². The van der Waals surface area contributed by atoms with Gasteiger partial charge in [0.2, 0.25) is 0 Å². The van der Waals surface area contributed by atoms with Gasteiger partial charge in [0.15, 0.2) is 5.11 Å². The number of hydrogen-bond acceptors (Lipinski definition) is 5. The third-order valence-electron chi connectivity index (χ3n) is 6.92. The Morgan fingerprint density at radius 2 is 1.69 bits per heavy atom. The van der Waals surface area contributed by atoms with Crippen molar-refractivity contribution in [2.24, 2.45) is 0 Å². The number of morpholine rings is 1. The van der Waals surface area contributed by atoms with E-state index in [1.807, 2.05) is 30.6 Å². The van der Waals surface area contributed by atoms with E-state index in [0.29, 0.717) is 5.11 Å². The van der Waals surface area contributed by atoms with Crippen molar-refractivity contribution in [3.63, 3.8) is 0 Å². The van der Waals surface area contributed by atoms with E-state index >= 15 is 0 Å². The van der Waals surface area contributed by atoms with Gasteiger partial charge in [0.25, 0.3) is 0 Å². The Balaban J connectivity index is 1.44. The van der Waals surface area contributed by atoms with Gasteiger partial charge in [-0.15, -0.1) is 0 Å². The number of ether oxygens (including phenoxy) is 1. The molecular weight excluding hydrogens is 468 g/mol. The fourth-order valence-corrected chi connectivity index (χ4v) is 5.55. The van der Waals surface area contributed by atoms with E-state index in [9.17, 15) is 0 Å². The molecule has 182 valence electrons. The fraction of sp³-hybridized carbons (Fsp3) is 0.250. The lowest BCUT2D eigenvalue weighted by atomic mass is 10.0. The number of aryl methyl sites for hydroxylation is 1. The largest absolute Gasteiger partial charge is 0.378 e. The van der Waals surface area contributed by atoms with Gasteiger partial charge in [-0.1, -0.05) is 6.07 Å². The molecule has 1 N–H and O–H groups in total. The summed E-state index contributed by atoms with van der Waals surface area (Å²) in [5.41, 5.74) is 6.49. The Morgan fingerprint density at radius 1 is 0.889 bits per heavy atom. The highest BCUT2D eigenvalue weighted by Crippen LogP contribution is 2.43. The van der Waals surface area contributed by atoms with Gasteiger partial charge >= 0.3 is 0 Å². The third-order valence-corrected chi connectivity index (χ3v) is 7.23. The van der Waals surface area contributed by atoms with Crippen LogP contribution < -0.4 is 15.1 Å². The molecule has 36 heavy (non-hydrogen) atoms. The van der Waals surface area contributed by atoms with E-state index in [4.69, 9.17) is 21.9 Å². The molecule has 4 aromatic rings. The highest BCUT2D eigenvalue weighted by molar-refractivity contribution is 7.80. The van der Waals surface area contributed by atoms with E-state index < -0.39 is 0 Å². The summed E-state index contributed by atoms with van der Waals surface area (Å²) in [5.74, 6) is 0. The minimum Gasteiger partial charge on any atom is -0.378 e. The summed E-state index contributed by atoms with van der Waals surface area (Å²) in [6.45, 7) is 5.46. The predicted molar refractivity (Wildman–Crippen MR) is 146 cm³/mol. The lowest BCUT2D eigenvalue weighted by Crippen LogP contribution is -2.36. The maximum absolute atomic E-state index is 5.94. The predicted octanol–water partition coefficient (Wildman–Crippen LogP) is 4.59. The van der Waals surface area contributed by atoms with Crippen molar-refractivity contribution in [1.82, 2.24) is 19.9 Å². The molecule has 8 heteroatoms. The van der Waals surface area contributed by atoms with Crippen LogP contribution in [-0.2, 0) is 4.74 Å². The zero-order valence-electron chi connectivity index (χ0n) is 20.1. The van der Waals surface area contributed by atoms with Gasteiger partial charge in [-0.05, 0) is 79.8 Å². The SMILES string of the molecule is Cc1ccc([C@H]2[C@H](c3ccccn3)NC(=S)N2c2ccc(N3CCOCC3)cc2)n1-c1cccnc1. The number of benzene rings is 1. The monoisotopic (exact) mass is 496 g/mol. The van der Waals surface area contributed by atoms with Crippen LogP contribution in [0.3, 0.4) is 0 Å². The molecule has 0 aliphatic carbocycles. The molecule has 7 nitrogen and oxygen atoms in total. The molecule has 0 amide bonds. The number of thiocarbonyl (C=S) groups is 1. The van der Waals surface area contributed by atoms with Crippen LogP contribution in [0.5, 0.6) is 0 Å². The van der Waals surface area contributed by atoms with Crippen molar-refractivity contribution >= 4 is 28.7 Å². The molecule has 0 saturated carbocycles. The van der Waals surface area contributed by atoms with Crippen LogP contribution in [0.25, 0.3) is 5.69 Å². The molecule has 0 radical (unpaired) electrons. The fourth-order valence-electron chi connectivity index (χ4n) is 5.21. The molecule has 6 rings (SSSR count). The molecular formula is C28H28N6OS. The molecule has 2 saturated heterocycles. The maximum atomic E-state index is 5.94. The van der Waals surface area contributed by atoms with Crippen LogP contribution in [0.4, 0.5) is 11.4 Å². The van der Waals surface area contributed by atoms with Crippen molar-refractivity contribution in [2.45, 2.75) is 19.0 Å². The number of aromatic nitrogens is 3. The molecule has 2 fully saturated rings. The average Bonchev–Trinajstić information content (AvgIpc) is 3.49. The Kier molecular flexibility index (Phi) is 6.13. The number of pyridine rings is 2. The maximum Gasteiger partial charge on any atom is 0.174 e. The van der Waals surface area contributed by atoms with Gasteiger partial charge in [0.1, 0.15) is 6.04 Å². The minimum absolute atomic E-state index is 0.101. The van der Waals surface area contributed by atoms with Crippen molar-refractivity contribution in [3.05, 3.63) is 102 Å². The van der Waals surface area contributed by atoms with Gasteiger partial charge in [0, 0.05) is 48.2 Å². The third kappa shape index (κ3) is 4.12. The smallest absolute Gasteiger partial charge is 0.174 e. The standard InChI is InChI=1S/C28H28N6OS/c1-20-7-12-25(33(20)23-5-4-13-29-19-23)27-26(24-6-2-3-14-30-24)31-28(36)34(27)22-10-8-21(9-11-22)32-15-17-35-18-16-32/h2-14,19,26-27H,15-18H2,1H3,(H,31,36)/t26-,27-/m0/s1. The molecule has 2 atom stereocenters. The van der Waals surface area contributed by atoms with E-state index in [1.165, 1.54) is 5.69 Å². The van der Waals surface area contributed by atoms with Crippen LogP contribution in [0.1, 0.15) is 29.2 Å². The number of nitrogens with zero attached hydrogens (tertiary/aromatic N) is 5. The molecule has 5 heterocycles. The lowest BCUT2D eigenvalue weighted by molar-refractivity contribution is 0.122. The van der Waals surface area contributed by atoms with Crippen LogP contribution >= 0.6 is 12.2 Å². The number of hydrogen-bond donors (Lipinski definition) is 1. The van der Waals surface area contributed by atoms with Crippen LogP contribution in [0.2, 0.25) is 0 Å². The first-order chi connectivity index (χ1) is 17.7. The first-order valence-corrected chi connectivity index (χ1v) is 12.6. The molecule has 0 unspecified atom stereocenters. The van der Waals surface area contributed by atoms with Gasteiger partial charge in [-0.25, -0.2) is 0 Å². The highest BCUT2D eigenvalue weighted by Gasteiger charge is 2.42. The Morgan fingerprint density at radius 3 is 2.42 bits per heavy atom. The Hall–Kier alpha value is -3.75. The van der Waals surface area contributed by atoms with Crippen molar-refractivity contribution < 1.29 is 4.74 Å². The molecule has 1 aromatic carbocycles. The summed E-state index contributed by atoms with van der Waals surface area (Å²) >= 11 is 5.94. The molecule has 2 aliphatic rings. The Labute approximate surface area is 216 Å². The average molecular weight is 497 g/mol. The minimum atomic E-state index is -0.109. The topological polar surface area (TPSA) is 58.5 Å². The summed E-state index contributed by atoms with van der Waals surface area (Å²) in [6.07, 6.45) is 5.53. The Bertz CT molecular complexity index is 1340. The quantitative estimate of drug-likeness (QED) is 0.406. The van der Waals surface area contributed by atoms with Crippen LogP contribution in [0, 0.1) is 6.92 Å². The van der Waals surface area contributed by atoms with Gasteiger partial charge in [-0.3, -0.25) is 9.97 Å². The van der Waals surface area contributed by atoms with E-state index in [-0.39, 0.29) is 12.1 Å². The zero-order chi connectivity index (χ0) is 24.5. The number of anilines is 2. The number of nitrogens with one attached hydrogen (secondary N) is 1.